The molecule has 1 heterocycles. The van der Waals surface area contributed by atoms with Gasteiger partial charge in [-0.25, -0.2) is 8.78 Å². The Morgan fingerprint density at radius 3 is 2.67 bits per heavy atom. The van der Waals surface area contributed by atoms with Crippen LogP contribution >= 0.6 is 34.4 Å². The third-order valence-electron chi connectivity index (χ3n) is 3.07. The highest BCUT2D eigenvalue weighted by molar-refractivity contribution is 14.1. The highest BCUT2D eigenvalue weighted by atomic mass is 127. The van der Waals surface area contributed by atoms with Crippen LogP contribution < -0.4 is 0 Å². The van der Waals surface area contributed by atoms with E-state index in [1.807, 2.05) is 18.2 Å². The first kappa shape index (κ1) is 12.4. The fraction of sp³-hybridized carbons (Fsp3) is 0.143. The van der Waals surface area contributed by atoms with Crippen molar-refractivity contribution in [2.75, 3.05) is 0 Å². The Bertz CT molecular complexity index is 613. The van der Waals surface area contributed by atoms with Gasteiger partial charge in [0.1, 0.15) is 0 Å². The van der Waals surface area contributed by atoms with Gasteiger partial charge in [0.2, 0.25) is 0 Å². The molecule has 0 aliphatic carbocycles. The molecule has 1 aliphatic heterocycles. The fourth-order valence-corrected chi connectivity index (χ4v) is 4.59. The molecule has 4 heteroatoms. The van der Waals surface area contributed by atoms with Crippen molar-refractivity contribution in [3.8, 4) is 0 Å². The van der Waals surface area contributed by atoms with Gasteiger partial charge in [-0.05, 0) is 23.3 Å². The van der Waals surface area contributed by atoms with Crippen molar-refractivity contribution in [3.05, 3.63) is 64.7 Å². The molecule has 0 nitrogen and oxygen atoms in total. The van der Waals surface area contributed by atoms with Crippen molar-refractivity contribution in [3.63, 3.8) is 0 Å². The predicted molar refractivity (Wildman–Crippen MR) is 78.2 cm³/mol. The molecule has 1 atom stereocenters. The summed E-state index contributed by atoms with van der Waals surface area (Å²) in [6, 6.07) is 11.0. The van der Waals surface area contributed by atoms with Gasteiger partial charge >= 0.3 is 0 Å². The van der Waals surface area contributed by atoms with Crippen LogP contribution in [0.15, 0.2) is 41.3 Å². The topological polar surface area (TPSA) is 0 Å². The first-order valence-corrected chi connectivity index (χ1v) is 7.74. The molecule has 2 aromatic carbocycles. The van der Waals surface area contributed by atoms with Crippen LogP contribution in [-0.4, -0.2) is 0 Å². The van der Waals surface area contributed by atoms with Gasteiger partial charge < -0.3 is 0 Å². The van der Waals surface area contributed by atoms with E-state index >= 15 is 0 Å². The Kier molecular flexibility index (Phi) is 3.32. The van der Waals surface area contributed by atoms with Crippen LogP contribution in [0.5, 0.6) is 0 Å². The van der Waals surface area contributed by atoms with Crippen LogP contribution in [0, 0.1) is 11.6 Å². The van der Waals surface area contributed by atoms with Gasteiger partial charge in [0.25, 0.3) is 0 Å². The Hall–Kier alpha value is -0.620. The van der Waals surface area contributed by atoms with Crippen molar-refractivity contribution in [1.29, 1.82) is 0 Å². The lowest BCUT2D eigenvalue weighted by Gasteiger charge is -2.13. The van der Waals surface area contributed by atoms with Gasteiger partial charge in [-0.1, -0.05) is 46.9 Å². The zero-order chi connectivity index (χ0) is 12.7. The number of fused-ring (bicyclic) bond motifs is 2. The first-order chi connectivity index (χ1) is 8.68. The van der Waals surface area contributed by atoms with Gasteiger partial charge in [0, 0.05) is 16.2 Å². The third kappa shape index (κ3) is 1.95. The molecule has 0 aromatic heterocycles. The number of alkyl halides is 1. The summed E-state index contributed by atoms with van der Waals surface area (Å²) in [4.78, 5) is 1.15. The second-order valence-electron chi connectivity index (χ2n) is 4.12. The zero-order valence-electron chi connectivity index (χ0n) is 9.29. The summed E-state index contributed by atoms with van der Waals surface area (Å²) in [5.74, 6) is -0.978. The third-order valence-corrected chi connectivity index (χ3v) is 5.53. The first-order valence-electron chi connectivity index (χ1n) is 5.51. The van der Waals surface area contributed by atoms with E-state index in [1.165, 1.54) is 11.6 Å². The quantitative estimate of drug-likeness (QED) is 0.457. The molecule has 3 rings (SSSR count). The van der Waals surface area contributed by atoms with Gasteiger partial charge in [-0.3, -0.25) is 0 Å². The Morgan fingerprint density at radius 1 is 1.06 bits per heavy atom. The SMILES string of the molecule is Fc1ccc2c(c1F)CSc1ccccc1C2I. The molecule has 0 bridgehead atoms. The summed E-state index contributed by atoms with van der Waals surface area (Å²) in [7, 11) is 0. The van der Waals surface area contributed by atoms with E-state index in [2.05, 4.69) is 28.7 Å². The fourth-order valence-electron chi connectivity index (χ4n) is 2.13. The highest BCUT2D eigenvalue weighted by Gasteiger charge is 2.25. The van der Waals surface area contributed by atoms with Gasteiger partial charge in [-0.15, -0.1) is 11.8 Å². The minimum atomic E-state index is -0.760. The summed E-state index contributed by atoms with van der Waals surface area (Å²) in [6.07, 6.45) is 0. The maximum Gasteiger partial charge on any atom is 0.163 e. The summed E-state index contributed by atoms with van der Waals surface area (Å²) in [5, 5.41) is 0. The smallest absolute Gasteiger partial charge is 0.163 e. The van der Waals surface area contributed by atoms with E-state index in [-0.39, 0.29) is 3.92 Å². The van der Waals surface area contributed by atoms with Crippen molar-refractivity contribution >= 4 is 34.4 Å². The van der Waals surface area contributed by atoms with E-state index in [1.54, 1.807) is 17.8 Å². The molecule has 0 spiro atoms. The lowest BCUT2D eigenvalue weighted by Crippen LogP contribution is -2.00. The Balaban J connectivity index is 2.21. The lowest BCUT2D eigenvalue weighted by atomic mass is 10.00. The van der Waals surface area contributed by atoms with Gasteiger partial charge in [0.05, 0.1) is 3.92 Å². The van der Waals surface area contributed by atoms with Crippen LogP contribution in [0.2, 0.25) is 0 Å². The molecule has 0 fully saturated rings. The maximum atomic E-state index is 13.9. The summed E-state index contributed by atoms with van der Waals surface area (Å²) < 4.78 is 27.2. The van der Waals surface area contributed by atoms with E-state index in [0.29, 0.717) is 11.3 Å². The monoisotopic (exact) mass is 374 g/mol. The summed E-state index contributed by atoms with van der Waals surface area (Å²) in [6.45, 7) is 0. The zero-order valence-corrected chi connectivity index (χ0v) is 12.3. The molecule has 1 aliphatic rings. The van der Waals surface area contributed by atoms with E-state index in [0.717, 1.165) is 10.5 Å². The molecular weight excluding hydrogens is 365 g/mol. The molecule has 2 aromatic rings. The van der Waals surface area contributed by atoms with Crippen LogP contribution in [-0.2, 0) is 5.75 Å². The molecule has 0 radical (unpaired) electrons. The van der Waals surface area contributed by atoms with Crippen molar-refractivity contribution in [2.24, 2.45) is 0 Å². The van der Waals surface area contributed by atoms with Crippen LogP contribution in [0.25, 0.3) is 0 Å². The van der Waals surface area contributed by atoms with Crippen molar-refractivity contribution < 1.29 is 8.78 Å². The molecule has 1 unspecified atom stereocenters. The van der Waals surface area contributed by atoms with Crippen LogP contribution in [0.1, 0.15) is 20.6 Å². The van der Waals surface area contributed by atoms with E-state index in [9.17, 15) is 8.78 Å². The Labute approximate surface area is 122 Å². The minimum absolute atomic E-state index is 0.0684. The predicted octanol–water partition coefficient (Wildman–Crippen LogP) is 5.09. The number of halogens is 3. The number of thioether (sulfide) groups is 1. The normalized spacial score (nSPS) is 17.8. The molecule has 0 amide bonds. The highest BCUT2D eigenvalue weighted by Crippen LogP contribution is 2.44. The number of hydrogen-bond donors (Lipinski definition) is 0. The second kappa shape index (κ2) is 4.81. The summed E-state index contributed by atoms with van der Waals surface area (Å²) >= 11 is 3.86. The average molecular weight is 374 g/mol. The Morgan fingerprint density at radius 2 is 1.83 bits per heavy atom. The molecule has 0 saturated carbocycles. The molecule has 0 saturated heterocycles. The van der Waals surface area contributed by atoms with Crippen molar-refractivity contribution in [1.82, 2.24) is 0 Å². The standard InChI is InChI=1S/C14H9F2IS/c15-11-6-5-8-10(13(11)16)7-18-12-4-2-1-3-9(12)14(8)17/h1-6,14H,7H2. The van der Waals surface area contributed by atoms with E-state index in [4.69, 9.17) is 0 Å². The minimum Gasteiger partial charge on any atom is -0.204 e. The molecule has 18 heavy (non-hydrogen) atoms. The van der Waals surface area contributed by atoms with Crippen LogP contribution in [0.4, 0.5) is 8.78 Å². The van der Waals surface area contributed by atoms with Crippen LogP contribution in [0.3, 0.4) is 0 Å². The average Bonchev–Trinajstić information content (AvgIpc) is 2.53. The number of benzene rings is 2. The maximum absolute atomic E-state index is 13.9. The molecular formula is C14H9F2IS. The largest absolute Gasteiger partial charge is 0.204 e. The second-order valence-corrected chi connectivity index (χ2v) is 6.38. The van der Waals surface area contributed by atoms with Crippen molar-refractivity contribution in [2.45, 2.75) is 14.6 Å². The lowest BCUT2D eigenvalue weighted by molar-refractivity contribution is 0.501. The van der Waals surface area contributed by atoms with Gasteiger partial charge in [0.15, 0.2) is 11.6 Å². The van der Waals surface area contributed by atoms with E-state index < -0.39 is 11.6 Å². The molecule has 92 valence electrons. The number of hydrogen-bond acceptors (Lipinski definition) is 1. The van der Waals surface area contributed by atoms with Gasteiger partial charge in [-0.2, -0.15) is 0 Å². The molecule has 0 N–H and O–H groups in total. The number of rotatable bonds is 0. The summed E-state index contributed by atoms with van der Waals surface area (Å²) in [5.41, 5.74) is 2.55.